The maximum atomic E-state index is 13.9. The lowest BCUT2D eigenvalue weighted by Gasteiger charge is -2.12. The molecular formula is C16H11F3N4. The second kappa shape index (κ2) is 5.96. The summed E-state index contributed by atoms with van der Waals surface area (Å²) >= 11 is 0. The first-order chi connectivity index (χ1) is 11.1. The summed E-state index contributed by atoms with van der Waals surface area (Å²) in [6.45, 7) is 0. The molecule has 0 spiro atoms. The van der Waals surface area contributed by atoms with Crippen LogP contribution in [0, 0.1) is 17.5 Å². The molecule has 1 aromatic heterocycles. The van der Waals surface area contributed by atoms with Gasteiger partial charge in [0.05, 0.1) is 0 Å². The summed E-state index contributed by atoms with van der Waals surface area (Å²) < 4.78 is 41.3. The summed E-state index contributed by atoms with van der Waals surface area (Å²) in [6, 6.07) is 9.36. The number of nitrogen functional groups attached to an aromatic ring is 1. The number of hydrogen-bond donors (Lipinski definition) is 2. The van der Waals surface area contributed by atoms with Gasteiger partial charge in [-0.15, -0.1) is 0 Å². The van der Waals surface area contributed by atoms with E-state index in [2.05, 4.69) is 15.3 Å². The van der Waals surface area contributed by atoms with Crippen molar-refractivity contribution in [2.45, 2.75) is 0 Å². The van der Waals surface area contributed by atoms with E-state index in [0.717, 1.165) is 18.5 Å². The minimum Gasteiger partial charge on any atom is -0.394 e. The van der Waals surface area contributed by atoms with Gasteiger partial charge in [-0.25, -0.2) is 23.1 Å². The van der Waals surface area contributed by atoms with Gasteiger partial charge >= 0.3 is 0 Å². The van der Waals surface area contributed by atoms with Crippen molar-refractivity contribution >= 4 is 17.2 Å². The Morgan fingerprint density at radius 3 is 2.17 bits per heavy atom. The molecule has 0 bridgehead atoms. The highest BCUT2D eigenvalue weighted by atomic mass is 19.1. The number of anilines is 3. The molecule has 116 valence electrons. The van der Waals surface area contributed by atoms with Gasteiger partial charge in [0.2, 0.25) is 0 Å². The number of benzene rings is 2. The highest BCUT2D eigenvalue weighted by molar-refractivity contribution is 5.82. The van der Waals surface area contributed by atoms with Crippen LogP contribution in [0.5, 0.6) is 0 Å². The molecule has 0 amide bonds. The molecule has 0 radical (unpaired) electrons. The molecule has 1 heterocycles. The van der Waals surface area contributed by atoms with Crippen molar-refractivity contribution < 1.29 is 13.2 Å². The summed E-state index contributed by atoms with van der Waals surface area (Å²) in [6.07, 6.45) is 1.14. The van der Waals surface area contributed by atoms with Crippen LogP contribution in [0.1, 0.15) is 0 Å². The Labute approximate surface area is 129 Å². The molecule has 7 heteroatoms. The topological polar surface area (TPSA) is 63.8 Å². The van der Waals surface area contributed by atoms with Gasteiger partial charge in [-0.2, -0.15) is 0 Å². The normalized spacial score (nSPS) is 10.6. The van der Waals surface area contributed by atoms with Gasteiger partial charge in [0.15, 0.2) is 5.82 Å². The van der Waals surface area contributed by atoms with E-state index in [1.807, 2.05) is 0 Å². The lowest BCUT2D eigenvalue weighted by Crippen LogP contribution is -2.05. The Hall–Kier alpha value is -3.09. The average Bonchev–Trinajstić information content (AvgIpc) is 2.53. The van der Waals surface area contributed by atoms with Crippen molar-refractivity contribution in [1.82, 2.24) is 9.97 Å². The van der Waals surface area contributed by atoms with Crippen LogP contribution in [0.25, 0.3) is 11.3 Å². The van der Waals surface area contributed by atoms with E-state index in [-0.39, 0.29) is 22.8 Å². The molecular weight excluding hydrogens is 305 g/mol. The van der Waals surface area contributed by atoms with Crippen molar-refractivity contribution in [3.63, 3.8) is 0 Å². The summed E-state index contributed by atoms with van der Waals surface area (Å²) in [5, 5.41) is 2.49. The zero-order valence-electron chi connectivity index (χ0n) is 11.7. The molecule has 0 saturated heterocycles. The van der Waals surface area contributed by atoms with Crippen LogP contribution in [-0.2, 0) is 0 Å². The monoisotopic (exact) mass is 316 g/mol. The Kier molecular flexibility index (Phi) is 3.84. The van der Waals surface area contributed by atoms with Gasteiger partial charge in [0.25, 0.3) is 0 Å². The molecule has 0 aliphatic heterocycles. The Morgan fingerprint density at radius 1 is 0.826 bits per heavy atom. The largest absolute Gasteiger partial charge is 0.394 e. The van der Waals surface area contributed by atoms with Crippen molar-refractivity contribution in [3.05, 3.63) is 66.2 Å². The second-order valence-electron chi connectivity index (χ2n) is 4.69. The highest BCUT2D eigenvalue weighted by Gasteiger charge is 2.16. The molecule has 2 aromatic carbocycles. The van der Waals surface area contributed by atoms with Gasteiger partial charge < -0.3 is 11.1 Å². The van der Waals surface area contributed by atoms with E-state index < -0.39 is 23.1 Å². The smallest absolute Gasteiger partial charge is 0.157 e. The SMILES string of the molecule is Nc1c(Nc2c(F)cccc2F)ncnc1-c1ccccc1F. The van der Waals surface area contributed by atoms with Crippen LogP contribution >= 0.6 is 0 Å². The maximum absolute atomic E-state index is 13.9. The minimum absolute atomic E-state index is 0.0118. The van der Waals surface area contributed by atoms with E-state index in [0.29, 0.717) is 0 Å². The van der Waals surface area contributed by atoms with Gasteiger partial charge in [-0.1, -0.05) is 18.2 Å². The molecule has 0 fully saturated rings. The molecule has 23 heavy (non-hydrogen) atoms. The summed E-state index contributed by atoms with van der Waals surface area (Å²) in [5.74, 6) is -2.12. The Balaban J connectivity index is 2.06. The van der Waals surface area contributed by atoms with Crippen LogP contribution in [0.4, 0.5) is 30.4 Å². The first-order valence-corrected chi connectivity index (χ1v) is 6.64. The van der Waals surface area contributed by atoms with Gasteiger partial charge in [0.1, 0.15) is 40.8 Å². The third-order valence-electron chi connectivity index (χ3n) is 3.22. The minimum atomic E-state index is -0.796. The predicted octanol–water partition coefficient (Wildman–Crippen LogP) is 3.89. The average molecular weight is 316 g/mol. The number of nitrogens with one attached hydrogen (secondary N) is 1. The van der Waals surface area contributed by atoms with Crippen LogP contribution in [0.15, 0.2) is 48.8 Å². The Morgan fingerprint density at radius 2 is 1.48 bits per heavy atom. The zero-order chi connectivity index (χ0) is 16.4. The fourth-order valence-corrected chi connectivity index (χ4v) is 2.10. The van der Waals surface area contributed by atoms with Crippen molar-refractivity contribution in [2.75, 3.05) is 11.1 Å². The van der Waals surface area contributed by atoms with E-state index >= 15 is 0 Å². The first-order valence-electron chi connectivity index (χ1n) is 6.64. The number of nitrogens with two attached hydrogens (primary N) is 1. The molecule has 4 nitrogen and oxygen atoms in total. The number of rotatable bonds is 3. The number of hydrogen-bond acceptors (Lipinski definition) is 4. The van der Waals surface area contributed by atoms with Crippen molar-refractivity contribution in [3.8, 4) is 11.3 Å². The molecule has 0 unspecified atom stereocenters. The second-order valence-corrected chi connectivity index (χ2v) is 4.69. The third kappa shape index (κ3) is 2.80. The molecule has 0 aliphatic rings. The van der Waals surface area contributed by atoms with Crippen molar-refractivity contribution in [2.24, 2.45) is 0 Å². The molecule has 0 aliphatic carbocycles. The van der Waals surface area contributed by atoms with E-state index in [1.165, 1.54) is 24.3 Å². The van der Waals surface area contributed by atoms with Gasteiger partial charge in [-0.05, 0) is 24.3 Å². The molecule has 3 aromatic rings. The van der Waals surface area contributed by atoms with Gasteiger partial charge in [0, 0.05) is 5.56 Å². The van der Waals surface area contributed by atoms with Crippen molar-refractivity contribution in [1.29, 1.82) is 0 Å². The van der Waals surface area contributed by atoms with E-state index in [1.54, 1.807) is 6.07 Å². The lowest BCUT2D eigenvalue weighted by atomic mass is 10.1. The van der Waals surface area contributed by atoms with E-state index in [4.69, 9.17) is 5.73 Å². The number of aromatic nitrogens is 2. The molecule has 0 saturated carbocycles. The zero-order valence-corrected chi connectivity index (χ0v) is 11.7. The lowest BCUT2D eigenvalue weighted by molar-refractivity contribution is 0.590. The summed E-state index contributed by atoms with van der Waals surface area (Å²) in [7, 11) is 0. The van der Waals surface area contributed by atoms with E-state index in [9.17, 15) is 13.2 Å². The fourth-order valence-electron chi connectivity index (χ4n) is 2.10. The third-order valence-corrected chi connectivity index (χ3v) is 3.22. The van der Waals surface area contributed by atoms with Crippen LogP contribution in [0.2, 0.25) is 0 Å². The standard InChI is InChI=1S/C16H11F3N4/c17-10-5-2-1-4-9(10)14-13(20)16(22-8-21-14)23-15-11(18)6-3-7-12(15)19/h1-8H,20H2,(H,21,22,23). The van der Waals surface area contributed by atoms with Crippen LogP contribution in [-0.4, -0.2) is 9.97 Å². The fraction of sp³-hybridized carbons (Fsp3) is 0. The highest BCUT2D eigenvalue weighted by Crippen LogP contribution is 2.32. The maximum Gasteiger partial charge on any atom is 0.157 e. The number of nitrogens with zero attached hydrogens (tertiary/aromatic N) is 2. The van der Waals surface area contributed by atoms with Gasteiger partial charge in [-0.3, -0.25) is 0 Å². The number of para-hydroxylation sites is 1. The predicted molar refractivity (Wildman–Crippen MR) is 81.5 cm³/mol. The quantitative estimate of drug-likeness (QED) is 0.769. The van der Waals surface area contributed by atoms with Crippen LogP contribution in [0.3, 0.4) is 0 Å². The summed E-state index contributed by atoms with van der Waals surface area (Å²) in [4.78, 5) is 7.82. The molecule has 3 rings (SSSR count). The molecule has 3 N–H and O–H groups in total. The number of halogens is 3. The Bertz CT molecular complexity index is 847. The summed E-state index contributed by atoms with van der Waals surface area (Å²) in [5.41, 5.74) is 5.84. The van der Waals surface area contributed by atoms with Crippen LogP contribution < -0.4 is 11.1 Å². The first kappa shape index (κ1) is 14.8. The molecule has 0 atom stereocenters.